The molecule has 1 aliphatic heterocycles. The van der Waals surface area contributed by atoms with Gasteiger partial charge in [-0.2, -0.15) is 0 Å². The standard InChI is InChI=1S/C27H25ClN2O3/c1-32-17-11-12-19(25(15-17)33-2)27-26-23(29-21-9-5-6-10-22(21)30-27)13-16(14-24(26)31)18-7-3-4-8-20(18)28/h3-12,15-16,27,29-30H,13-14H2,1-2H3/t16-,27+/m0/s1. The maximum absolute atomic E-state index is 13.7. The molecule has 1 aliphatic carbocycles. The van der Waals surface area contributed by atoms with Crippen molar-refractivity contribution >= 4 is 28.8 Å². The van der Waals surface area contributed by atoms with Crippen molar-refractivity contribution < 1.29 is 14.3 Å². The highest BCUT2D eigenvalue weighted by Crippen LogP contribution is 2.46. The van der Waals surface area contributed by atoms with Gasteiger partial charge in [-0.3, -0.25) is 4.79 Å². The molecule has 168 valence electrons. The summed E-state index contributed by atoms with van der Waals surface area (Å²) < 4.78 is 11.1. The van der Waals surface area contributed by atoms with E-state index in [1.165, 1.54) is 0 Å². The van der Waals surface area contributed by atoms with Crippen molar-refractivity contribution in [3.8, 4) is 11.5 Å². The van der Waals surface area contributed by atoms with Gasteiger partial charge in [-0.1, -0.05) is 41.9 Å². The molecule has 5 nitrogen and oxygen atoms in total. The minimum Gasteiger partial charge on any atom is -0.497 e. The number of carbonyl (C=O) groups excluding carboxylic acids is 1. The third-order valence-corrected chi connectivity index (χ3v) is 6.75. The Balaban J connectivity index is 1.64. The van der Waals surface area contributed by atoms with Crippen LogP contribution in [0.2, 0.25) is 5.02 Å². The van der Waals surface area contributed by atoms with Gasteiger partial charge in [0.2, 0.25) is 0 Å². The fourth-order valence-corrected chi connectivity index (χ4v) is 5.10. The number of nitrogens with one attached hydrogen (secondary N) is 2. The summed E-state index contributed by atoms with van der Waals surface area (Å²) >= 11 is 6.50. The van der Waals surface area contributed by atoms with E-state index in [9.17, 15) is 4.79 Å². The zero-order chi connectivity index (χ0) is 22.9. The van der Waals surface area contributed by atoms with E-state index in [-0.39, 0.29) is 17.7 Å². The molecule has 0 spiro atoms. The zero-order valence-corrected chi connectivity index (χ0v) is 19.3. The SMILES string of the molecule is COc1ccc([C@H]2Nc3ccccc3NC3=C2C(=O)C[C@@H](c2ccccc2Cl)C3)c(OC)c1. The molecule has 0 aromatic heterocycles. The van der Waals surface area contributed by atoms with E-state index in [0.29, 0.717) is 29.4 Å². The maximum Gasteiger partial charge on any atom is 0.163 e. The van der Waals surface area contributed by atoms with Crippen LogP contribution in [0, 0.1) is 0 Å². The van der Waals surface area contributed by atoms with Crippen LogP contribution in [-0.4, -0.2) is 20.0 Å². The quantitative estimate of drug-likeness (QED) is 0.476. The molecule has 0 amide bonds. The molecule has 0 bridgehead atoms. The van der Waals surface area contributed by atoms with E-state index < -0.39 is 0 Å². The number of para-hydroxylation sites is 2. The van der Waals surface area contributed by atoms with Crippen LogP contribution < -0.4 is 20.1 Å². The summed E-state index contributed by atoms with van der Waals surface area (Å²) in [4.78, 5) is 13.7. The predicted octanol–water partition coefficient (Wildman–Crippen LogP) is 6.34. The molecule has 33 heavy (non-hydrogen) atoms. The Morgan fingerprint density at radius 2 is 1.64 bits per heavy atom. The third kappa shape index (κ3) is 3.93. The van der Waals surface area contributed by atoms with Gasteiger partial charge in [0.15, 0.2) is 5.78 Å². The highest BCUT2D eigenvalue weighted by molar-refractivity contribution is 6.31. The Kier molecular flexibility index (Phi) is 5.73. The lowest BCUT2D eigenvalue weighted by atomic mass is 9.78. The molecule has 5 rings (SSSR count). The van der Waals surface area contributed by atoms with E-state index in [4.69, 9.17) is 21.1 Å². The monoisotopic (exact) mass is 460 g/mol. The van der Waals surface area contributed by atoms with Crippen LogP contribution in [0.3, 0.4) is 0 Å². The minimum atomic E-state index is -0.364. The normalized spacial score (nSPS) is 19.5. The average molecular weight is 461 g/mol. The largest absolute Gasteiger partial charge is 0.497 e. The Hall–Kier alpha value is -3.44. The van der Waals surface area contributed by atoms with E-state index in [2.05, 4.69) is 10.6 Å². The van der Waals surface area contributed by atoms with Gasteiger partial charge in [-0.05, 0) is 48.2 Å². The smallest absolute Gasteiger partial charge is 0.163 e. The van der Waals surface area contributed by atoms with Crippen LogP contribution >= 0.6 is 11.6 Å². The summed E-state index contributed by atoms with van der Waals surface area (Å²) in [5.74, 6) is 1.47. The van der Waals surface area contributed by atoms with E-state index in [0.717, 1.165) is 33.8 Å². The zero-order valence-electron chi connectivity index (χ0n) is 18.5. The fraction of sp³-hybridized carbons (Fsp3) is 0.222. The van der Waals surface area contributed by atoms with Gasteiger partial charge >= 0.3 is 0 Å². The Labute approximate surface area is 198 Å². The van der Waals surface area contributed by atoms with Crippen molar-refractivity contribution in [2.24, 2.45) is 0 Å². The number of fused-ring (bicyclic) bond motifs is 1. The molecule has 0 saturated heterocycles. The van der Waals surface area contributed by atoms with Gasteiger partial charge in [-0.15, -0.1) is 0 Å². The van der Waals surface area contributed by atoms with Gasteiger partial charge in [-0.25, -0.2) is 0 Å². The molecule has 0 unspecified atom stereocenters. The van der Waals surface area contributed by atoms with E-state index in [1.807, 2.05) is 66.7 Å². The number of ether oxygens (including phenoxy) is 2. The summed E-state index contributed by atoms with van der Waals surface area (Å²) in [6, 6.07) is 21.1. The van der Waals surface area contributed by atoms with Gasteiger partial charge < -0.3 is 20.1 Å². The average Bonchev–Trinajstić information content (AvgIpc) is 3.00. The van der Waals surface area contributed by atoms with Crippen molar-refractivity contribution in [2.45, 2.75) is 24.8 Å². The molecular weight excluding hydrogens is 436 g/mol. The lowest BCUT2D eigenvalue weighted by molar-refractivity contribution is -0.116. The molecule has 3 aromatic carbocycles. The first kappa shape index (κ1) is 21.4. The molecule has 2 N–H and O–H groups in total. The number of hydrogen-bond donors (Lipinski definition) is 2. The first-order valence-corrected chi connectivity index (χ1v) is 11.3. The molecule has 2 atom stereocenters. The molecule has 0 radical (unpaired) electrons. The summed E-state index contributed by atoms with van der Waals surface area (Å²) in [5, 5.41) is 7.85. The van der Waals surface area contributed by atoms with Crippen LogP contribution in [0.5, 0.6) is 11.5 Å². The van der Waals surface area contributed by atoms with Crippen LogP contribution in [-0.2, 0) is 4.79 Å². The van der Waals surface area contributed by atoms with E-state index in [1.54, 1.807) is 14.2 Å². The van der Waals surface area contributed by atoms with Crippen molar-refractivity contribution in [1.29, 1.82) is 0 Å². The number of allylic oxidation sites excluding steroid dienone is 1. The first-order chi connectivity index (χ1) is 16.1. The summed E-state index contributed by atoms with van der Waals surface area (Å²) in [6.07, 6.45) is 1.09. The van der Waals surface area contributed by atoms with Gasteiger partial charge in [0.05, 0.1) is 31.6 Å². The number of ketones is 1. The Morgan fingerprint density at radius 3 is 2.39 bits per heavy atom. The summed E-state index contributed by atoms with van der Waals surface area (Å²) in [7, 11) is 3.26. The minimum absolute atomic E-state index is 0.0149. The molecule has 0 fully saturated rings. The molecule has 2 aliphatic rings. The summed E-state index contributed by atoms with van der Waals surface area (Å²) in [6.45, 7) is 0. The Morgan fingerprint density at radius 1 is 0.879 bits per heavy atom. The second kappa shape index (κ2) is 8.83. The van der Waals surface area contributed by atoms with Crippen LogP contribution in [0.15, 0.2) is 78.0 Å². The van der Waals surface area contributed by atoms with Crippen molar-refractivity contribution in [2.75, 3.05) is 24.9 Å². The molecule has 0 saturated carbocycles. The first-order valence-electron chi connectivity index (χ1n) is 10.9. The molecule has 3 aromatic rings. The second-order valence-corrected chi connectivity index (χ2v) is 8.71. The molecular formula is C27H25ClN2O3. The number of halogens is 1. The topological polar surface area (TPSA) is 59.6 Å². The third-order valence-electron chi connectivity index (χ3n) is 6.41. The number of benzene rings is 3. The number of methoxy groups -OCH3 is 2. The van der Waals surface area contributed by atoms with Crippen LogP contribution in [0.25, 0.3) is 0 Å². The second-order valence-electron chi connectivity index (χ2n) is 8.30. The predicted molar refractivity (Wildman–Crippen MR) is 131 cm³/mol. The number of hydrogen-bond acceptors (Lipinski definition) is 5. The molecule has 1 heterocycles. The molecule has 6 heteroatoms. The van der Waals surface area contributed by atoms with Gasteiger partial charge in [0, 0.05) is 34.3 Å². The highest BCUT2D eigenvalue weighted by atomic mass is 35.5. The number of carbonyl (C=O) groups is 1. The van der Waals surface area contributed by atoms with Crippen molar-refractivity contribution in [3.05, 3.63) is 94.1 Å². The fourth-order valence-electron chi connectivity index (χ4n) is 4.81. The number of rotatable bonds is 4. The van der Waals surface area contributed by atoms with E-state index >= 15 is 0 Å². The maximum atomic E-state index is 13.7. The van der Waals surface area contributed by atoms with Crippen molar-refractivity contribution in [1.82, 2.24) is 0 Å². The van der Waals surface area contributed by atoms with Crippen molar-refractivity contribution in [3.63, 3.8) is 0 Å². The van der Waals surface area contributed by atoms with Gasteiger partial charge in [0.25, 0.3) is 0 Å². The van der Waals surface area contributed by atoms with Crippen LogP contribution in [0.1, 0.15) is 35.9 Å². The number of Topliss-reactive ketones (excluding diaryl/α,β-unsaturated/α-hetero) is 1. The Bertz CT molecular complexity index is 1250. The highest BCUT2D eigenvalue weighted by Gasteiger charge is 2.37. The number of anilines is 2. The lowest BCUT2D eigenvalue weighted by Gasteiger charge is -2.30. The van der Waals surface area contributed by atoms with Gasteiger partial charge in [0.1, 0.15) is 11.5 Å². The van der Waals surface area contributed by atoms with Crippen LogP contribution in [0.4, 0.5) is 11.4 Å². The summed E-state index contributed by atoms with van der Waals surface area (Å²) in [5.41, 5.74) is 5.40. The lowest BCUT2D eigenvalue weighted by Crippen LogP contribution is -2.27.